The van der Waals surface area contributed by atoms with E-state index in [1.807, 2.05) is 0 Å². The molecule has 0 atom stereocenters. The SMILES string of the molecule is C=C1C=CC(N(C)C)=C1CC. The summed E-state index contributed by atoms with van der Waals surface area (Å²) in [4.78, 5) is 2.13. The van der Waals surface area contributed by atoms with Crippen molar-refractivity contribution < 1.29 is 0 Å². The summed E-state index contributed by atoms with van der Waals surface area (Å²) in [5, 5.41) is 0. The maximum Gasteiger partial charge on any atom is 0.0399 e. The van der Waals surface area contributed by atoms with E-state index in [0.717, 1.165) is 12.0 Å². The maximum absolute atomic E-state index is 3.97. The molecule has 0 N–H and O–H groups in total. The van der Waals surface area contributed by atoms with Crippen LogP contribution in [0.15, 0.2) is 35.6 Å². The van der Waals surface area contributed by atoms with Gasteiger partial charge in [-0.3, -0.25) is 0 Å². The Morgan fingerprint density at radius 3 is 2.36 bits per heavy atom. The predicted molar refractivity (Wildman–Crippen MR) is 49.3 cm³/mol. The molecule has 0 bridgehead atoms. The smallest absolute Gasteiger partial charge is 0.0399 e. The van der Waals surface area contributed by atoms with Gasteiger partial charge in [-0.2, -0.15) is 0 Å². The number of nitrogens with zero attached hydrogens (tertiary/aromatic N) is 1. The first-order valence-corrected chi connectivity index (χ1v) is 3.94. The quantitative estimate of drug-likeness (QED) is 0.582. The van der Waals surface area contributed by atoms with E-state index in [4.69, 9.17) is 0 Å². The highest BCUT2D eigenvalue weighted by Gasteiger charge is 2.11. The Morgan fingerprint density at radius 1 is 1.36 bits per heavy atom. The summed E-state index contributed by atoms with van der Waals surface area (Å²) in [5.74, 6) is 0. The van der Waals surface area contributed by atoms with Gasteiger partial charge in [0.1, 0.15) is 0 Å². The molecular weight excluding hydrogens is 134 g/mol. The highest BCUT2D eigenvalue weighted by molar-refractivity contribution is 5.51. The number of likely N-dealkylation sites (N-methyl/N-ethyl adjacent to an activating group) is 1. The topological polar surface area (TPSA) is 3.24 Å². The van der Waals surface area contributed by atoms with Crippen molar-refractivity contribution in [2.75, 3.05) is 14.1 Å². The summed E-state index contributed by atoms with van der Waals surface area (Å²) < 4.78 is 0. The van der Waals surface area contributed by atoms with Gasteiger partial charge in [-0.1, -0.05) is 19.6 Å². The summed E-state index contributed by atoms with van der Waals surface area (Å²) >= 11 is 0. The molecule has 0 unspecified atom stereocenters. The first-order valence-electron chi connectivity index (χ1n) is 3.94. The van der Waals surface area contributed by atoms with Gasteiger partial charge >= 0.3 is 0 Å². The van der Waals surface area contributed by atoms with Crippen LogP contribution in [0.4, 0.5) is 0 Å². The molecule has 1 aliphatic rings. The fourth-order valence-electron chi connectivity index (χ4n) is 1.37. The zero-order valence-electron chi connectivity index (χ0n) is 7.52. The molecule has 1 rings (SSSR count). The van der Waals surface area contributed by atoms with Crippen molar-refractivity contribution in [3.63, 3.8) is 0 Å². The number of allylic oxidation sites excluding steroid dienone is 4. The predicted octanol–water partition coefficient (Wildman–Crippen LogP) is 2.34. The van der Waals surface area contributed by atoms with Crippen molar-refractivity contribution in [3.8, 4) is 0 Å². The standard InChI is InChI=1S/C10H15N/c1-5-9-8(2)6-7-10(9)11(3)4/h6-7H,2,5H2,1,3-4H3. The van der Waals surface area contributed by atoms with Crippen molar-refractivity contribution >= 4 is 0 Å². The zero-order valence-corrected chi connectivity index (χ0v) is 7.52. The molecular formula is C10H15N. The third-order valence-corrected chi connectivity index (χ3v) is 1.97. The third kappa shape index (κ3) is 1.37. The van der Waals surface area contributed by atoms with Crippen LogP contribution in [0.2, 0.25) is 0 Å². The second-order valence-corrected chi connectivity index (χ2v) is 2.97. The van der Waals surface area contributed by atoms with E-state index >= 15 is 0 Å². The van der Waals surface area contributed by atoms with Crippen LogP contribution in [0.3, 0.4) is 0 Å². The van der Waals surface area contributed by atoms with Gasteiger partial charge in [0.15, 0.2) is 0 Å². The van der Waals surface area contributed by atoms with E-state index < -0.39 is 0 Å². The lowest BCUT2D eigenvalue weighted by Crippen LogP contribution is -2.09. The van der Waals surface area contributed by atoms with E-state index in [9.17, 15) is 0 Å². The van der Waals surface area contributed by atoms with Crippen LogP contribution < -0.4 is 0 Å². The van der Waals surface area contributed by atoms with E-state index in [0.29, 0.717) is 0 Å². The first kappa shape index (κ1) is 8.12. The lowest BCUT2D eigenvalue weighted by atomic mass is 10.1. The molecule has 0 radical (unpaired) electrons. The van der Waals surface area contributed by atoms with E-state index in [2.05, 4.69) is 44.6 Å². The highest BCUT2D eigenvalue weighted by atomic mass is 15.1. The molecule has 0 aromatic carbocycles. The molecule has 1 heteroatoms. The van der Waals surface area contributed by atoms with Gasteiger partial charge in [-0.25, -0.2) is 0 Å². The summed E-state index contributed by atoms with van der Waals surface area (Å²) in [6.07, 6.45) is 5.27. The van der Waals surface area contributed by atoms with Gasteiger partial charge in [-0.15, -0.1) is 0 Å². The molecule has 0 aromatic heterocycles. The Hall–Kier alpha value is -0.980. The van der Waals surface area contributed by atoms with Crippen molar-refractivity contribution in [2.24, 2.45) is 0 Å². The minimum Gasteiger partial charge on any atom is -0.377 e. The monoisotopic (exact) mass is 149 g/mol. The van der Waals surface area contributed by atoms with Gasteiger partial charge < -0.3 is 4.90 Å². The van der Waals surface area contributed by atoms with Gasteiger partial charge in [-0.05, 0) is 23.6 Å². The molecule has 0 saturated carbocycles. The van der Waals surface area contributed by atoms with Gasteiger partial charge in [0, 0.05) is 19.8 Å². The summed E-state index contributed by atoms with van der Waals surface area (Å²) in [6, 6.07) is 0. The van der Waals surface area contributed by atoms with Crippen molar-refractivity contribution in [1.82, 2.24) is 4.90 Å². The van der Waals surface area contributed by atoms with Crippen molar-refractivity contribution in [1.29, 1.82) is 0 Å². The molecule has 0 saturated heterocycles. The van der Waals surface area contributed by atoms with Crippen molar-refractivity contribution in [2.45, 2.75) is 13.3 Å². The average Bonchev–Trinajstić information content (AvgIpc) is 2.30. The van der Waals surface area contributed by atoms with Crippen LogP contribution in [0.25, 0.3) is 0 Å². The molecule has 1 nitrogen and oxygen atoms in total. The van der Waals surface area contributed by atoms with Crippen LogP contribution in [-0.2, 0) is 0 Å². The first-order chi connectivity index (χ1) is 5.16. The molecule has 1 aliphatic carbocycles. The number of rotatable bonds is 2. The maximum atomic E-state index is 3.97. The Morgan fingerprint density at radius 2 is 2.00 bits per heavy atom. The molecule has 0 amide bonds. The molecule has 11 heavy (non-hydrogen) atoms. The normalized spacial score (nSPS) is 16.5. The Balaban J connectivity index is 2.97. The summed E-state index contributed by atoms with van der Waals surface area (Å²) in [5.41, 5.74) is 3.84. The van der Waals surface area contributed by atoms with Gasteiger partial charge in [0.2, 0.25) is 0 Å². The molecule has 0 spiro atoms. The van der Waals surface area contributed by atoms with Crippen LogP contribution in [0, 0.1) is 0 Å². The number of hydrogen-bond acceptors (Lipinski definition) is 1. The second kappa shape index (κ2) is 2.95. The van der Waals surface area contributed by atoms with Crippen LogP contribution >= 0.6 is 0 Å². The molecule has 0 aliphatic heterocycles. The summed E-state index contributed by atoms with van der Waals surface area (Å²) in [6.45, 7) is 6.13. The average molecular weight is 149 g/mol. The Bertz CT molecular complexity index is 231. The number of hydrogen-bond donors (Lipinski definition) is 0. The van der Waals surface area contributed by atoms with E-state index in [1.54, 1.807) is 0 Å². The van der Waals surface area contributed by atoms with Crippen LogP contribution in [0.1, 0.15) is 13.3 Å². The fourth-order valence-corrected chi connectivity index (χ4v) is 1.37. The van der Waals surface area contributed by atoms with Crippen LogP contribution in [-0.4, -0.2) is 19.0 Å². The Kier molecular flexibility index (Phi) is 2.18. The highest BCUT2D eigenvalue weighted by Crippen LogP contribution is 2.26. The largest absolute Gasteiger partial charge is 0.377 e. The lowest BCUT2D eigenvalue weighted by Gasteiger charge is -2.14. The molecule has 0 fully saturated rings. The van der Waals surface area contributed by atoms with Gasteiger partial charge in [0.25, 0.3) is 0 Å². The third-order valence-electron chi connectivity index (χ3n) is 1.97. The second-order valence-electron chi connectivity index (χ2n) is 2.97. The minimum absolute atomic E-state index is 1.07. The Labute approximate surface area is 68.7 Å². The van der Waals surface area contributed by atoms with E-state index in [1.165, 1.54) is 11.3 Å². The molecule has 0 aromatic rings. The zero-order chi connectivity index (χ0) is 8.43. The summed E-state index contributed by atoms with van der Waals surface area (Å²) in [7, 11) is 4.13. The van der Waals surface area contributed by atoms with Gasteiger partial charge in [0.05, 0.1) is 0 Å². The molecule has 0 heterocycles. The minimum atomic E-state index is 1.07. The lowest BCUT2D eigenvalue weighted by molar-refractivity contribution is 0.525. The molecule has 60 valence electrons. The van der Waals surface area contributed by atoms with E-state index in [-0.39, 0.29) is 0 Å². The fraction of sp³-hybridized carbons (Fsp3) is 0.400. The van der Waals surface area contributed by atoms with Crippen LogP contribution in [0.5, 0.6) is 0 Å². The van der Waals surface area contributed by atoms with Crippen molar-refractivity contribution in [3.05, 3.63) is 35.6 Å².